The van der Waals surface area contributed by atoms with Gasteiger partial charge in [-0.15, -0.1) is 0 Å². The summed E-state index contributed by atoms with van der Waals surface area (Å²) in [5.41, 5.74) is 9.23. The molecule has 0 radical (unpaired) electrons. The first kappa shape index (κ1) is 17.8. The van der Waals surface area contributed by atoms with Crippen molar-refractivity contribution in [1.82, 2.24) is 5.32 Å². The van der Waals surface area contributed by atoms with E-state index in [1.54, 1.807) is 0 Å². The molecule has 1 aliphatic rings. The van der Waals surface area contributed by atoms with Gasteiger partial charge in [0.1, 0.15) is 0 Å². The van der Waals surface area contributed by atoms with Crippen molar-refractivity contribution >= 4 is 5.96 Å². The van der Waals surface area contributed by atoms with Crippen LogP contribution in [0.2, 0.25) is 0 Å². The van der Waals surface area contributed by atoms with Gasteiger partial charge in [0.15, 0.2) is 5.96 Å². The third kappa shape index (κ3) is 5.56. The SMILES string of the molecule is CC1(C)CCCC(NC(N)=NCc2ccc(C(C)(C)C)cc2)C1. The zero-order valence-electron chi connectivity index (χ0n) is 15.4. The van der Waals surface area contributed by atoms with E-state index in [-0.39, 0.29) is 5.41 Å². The molecule has 0 amide bonds. The Labute approximate surface area is 141 Å². The zero-order valence-corrected chi connectivity index (χ0v) is 15.4. The summed E-state index contributed by atoms with van der Waals surface area (Å²) in [5, 5.41) is 3.41. The Morgan fingerprint density at radius 3 is 2.48 bits per heavy atom. The molecule has 1 aromatic rings. The lowest BCUT2D eigenvalue weighted by Crippen LogP contribution is -2.44. The number of hydrogen-bond acceptors (Lipinski definition) is 1. The number of rotatable bonds is 3. The number of benzene rings is 1. The lowest BCUT2D eigenvalue weighted by molar-refractivity contribution is 0.210. The normalized spacial score (nSPS) is 22.0. The Morgan fingerprint density at radius 2 is 1.91 bits per heavy atom. The number of hydrogen-bond donors (Lipinski definition) is 2. The molecule has 0 aromatic heterocycles. The smallest absolute Gasteiger partial charge is 0.189 e. The van der Waals surface area contributed by atoms with Gasteiger partial charge < -0.3 is 11.1 Å². The van der Waals surface area contributed by atoms with Crippen molar-refractivity contribution < 1.29 is 0 Å². The van der Waals surface area contributed by atoms with Gasteiger partial charge in [0.25, 0.3) is 0 Å². The molecule has 1 fully saturated rings. The predicted octanol–water partition coefficient (Wildman–Crippen LogP) is 4.36. The summed E-state index contributed by atoms with van der Waals surface area (Å²) in [6.45, 7) is 12.0. The molecule has 3 N–H and O–H groups in total. The Morgan fingerprint density at radius 1 is 1.26 bits per heavy atom. The molecule has 1 saturated carbocycles. The first-order chi connectivity index (χ1) is 10.7. The van der Waals surface area contributed by atoms with Crippen LogP contribution in [0.5, 0.6) is 0 Å². The average molecular weight is 316 g/mol. The maximum Gasteiger partial charge on any atom is 0.189 e. The summed E-state index contributed by atoms with van der Waals surface area (Å²) in [7, 11) is 0. The molecule has 1 atom stereocenters. The van der Waals surface area contributed by atoms with Crippen LogP contribution in [0.1, 0.15) is 71.4 Å². The Kier molecular flexibility index (Phi) is 5.38. The van der Waals surface area contributed by atoms with E-state index in [1.165, 1.54) is 36.8 Å². The number of guanidine groups is 1. The van der Waals surface area contributed by atoms with Gasteiger partial charge in [-0.1, -0.05) is 65.3 Å². The molecule has 1 aliphatic carbocycles. The van der Waals surface area contributed by atoms with Gasteiger partial charge >= 0.3 is 0 Å². The molecular weight excluding hydrogens is 282 g/mol. The molecule has 2 rings (SSSR count). The minimum absolute atomic E-state index is 0.191. The summed E-state index contributed by atoms with van der Waals surface area (Å²) in [6.07, 6.45) is 4.94. The van der Waals surface area contributed by atoms with Crippen LogP contribution in [-0.4, -0.2) is 12.0 Å². The Bertz CT molecular complexity index is 535. The molecule has 128 valence electrons. The third-order valence-electron chi connectivity index (χ3n) is 4.81. The highest BCUT2D eigenvalue weighted by atomic mass is 15.1. The van der Waals surface area contributed by atoms with Crippen LogP contribution in [0.3, 0.4) is 0 Å². The highest BCUT2D eigenvalue weighted by molar-refractivity contribution is 5.78. The van der Waals surface area contributed by atoms with Crippen LogP contribution in [-0.2, 0) is 12.0 Å². The number of nitrogens with two attached hydrogens (primary N) is 1. The minimum atomic E-state index is 0.191. The van der Waals surface area contributed by atoms with E-state index in [0.29, 0.717) is 24.0 Å². The summed E-state index contributed by atoms with van der Waals surface area (Å²) >= 11 is 0. The van der Waals surface area contributed by atoms with E-state index in [2.05, 4.69) is 69.2 Å². The van der Waals surface area contributed by atoms with Crippen molar-refractivity contribution in [3.63, 3.8) is 0 Å². The van der Waals surface area contributed by atoms with Gasteiger partial charge in [0.2, 0.25) is 0 Å². The van der Waals surface area contributed by atoms with Crippen molar-refractivity contribution in [2.24, 2.45) is 16.1 Å². The maximum atomic E-state index is 6.08. The van der Waals surface area contributed by atoms with Crippen molar-refractivity contribution in [2.75, 3.05) is 0 Å². The summed E-state index contributed by atoms with van der Waals surface area (Å²) in [6, 6.07) is 9.16. The number of aliphatic imine (C=N–C) groups is 1. The van der Waals surface area contributed by atoms with E-state index < -0.39 is 0 Å². The van der Waals surface area contributed by atoms with E-state index in [4.69, 9.17) is 5.73 Å². The molecule has 3 heteroatoms. The van der Waals surface area contributed by atoms with Crippen LogP contribution >= 0.6 is 0 Å². The van der Waals surface area contributed by atoms with Gasteiger partial charge in [0.05, 0.1) is 6.54 Å². The average Bonchev–Trinajstić information content (AvgIpc) is 2.43. The van der Waals surface area contributed by atoms with Crippen LogP contribution in [0, 0.1) is 5.41 Å². The summed E-state index contributed by atoms with van der Waals surface area (Å²) < 4.78 is 0. The lowest BCUT2D eigenvalue weighted by Gasteiger charge is -2.35. The second-order valence-electron chi connectivity index (χ2n) is 8.75. The van der Waals surface area contributed by atoms with Crippen molar-refractivity contribution in [3.8, 4) is 0 Å². The van der Waals surface area contributed by atoms with Gasteiger partial charge in [-0.2, -0.15) is 0 Å². The van der Waals surface area contributed by atoms with Crippen LogP contribution in [0.4, 0.5) is 0 Å². The van der Waals surface area contributed by atoms with E-state index >= 15 is 0 Å². The van der Waals surface area contributed by atoms with E-state index in [9.17, 15) is 0 Å². The fourth-order valence-electron chi connectivity index (χ4n) is 3.36. The molecule has 0 saturated heterocycles. The molecular formula is C20H33N3. The molecule has 0 spiro atoms. The van der Waals surface area contributed by atoms with Gasteiger partial charge in [-0.3, -0.25) is 0 Å². The zero-order chi connectivity index (χ0) is 17.1. The topological polar surface area (TPSA) is 50.4 Å². The van der Waals surface area contributed by atoms with Crippen LogP contribution < -0.4 is 11.1 Å². The second kappa shape index (κ2) is 6.94. The van der Waals surface area contributed by atoms with Crippen molar-refractivity contribution in [3.05, 3.63) is 35.4 Å². The third-order valence-corrected chi connectivity index (χ3v) is 4.81. The Balaban J connectivity index is 1.89. The van der Waals surface area contributed by atoms with Gasteiger partial charge in [0, 0.05) is 6.04 Å². The minimum Gasteiger partial charge on any atom is -0.370 e. The lowest BCUT2D eigenvalue weighted by atomic mass is 9.75. The number of nitrogens with zero attached hydrogens (tertiary/aromatic N) is 1. The molecule has 0 bridgehead atoms. The van der Waals surface area contributed by atoms with Crippen molar-refractivity contribution in [2.45, 2.75) is 78.3 Å². The predicted molar refractivity (Wildman–Crippen MR) is 99.6 cm³/mol. The monoisotopic (exact) mass is 315 g/mol. The van der Waals surface area contributed by atoms with Crippen molar-refractivity contribution in [1.29, 1.82) is 0 Å². The molecule has 0 heterocycles. The quantitative estimate of drug-likeness (QED) is 0.643. The Hall–Kier alpha value is -1.51. The van der Waals surface area contributed by atoms with Crippen LogP contribution in [0.15, 0.2) is 29.3 Å². The first-order valence-electron chi connectivity index (χ1n) is 8.82. The maximum absolute atomic E-state index is 6.08. The standard InChI is InChI=1S/C20H33N3/c1-19(2,3)16-10-8-15(9-11-16)14-22-18(21)23-17-7-6-12-20(4,5)13-17/h8-11,17H,6-7,12-14H2,1-5H3,(H3,21,22,23). The molecule has 23 heavy (non-hydrogen) atoms. The fourth-order valence-corrected chi connectivity index (χ4v) is 3.36. The number of nitrogens with one attached hydrogen (secondary N) is 1. The van der Waals surface area contributed by atoms with Gasteiger partial charge in [-0.05, 0) is 41.2 Å². The largest absolute Gasteiger partial charge is 0.370 e. The van der Waals surface area contributed by atoms with E-state index in [1.807, 2.05) is 0 Å². The highest BCUT2D eigenvalue weighted by Crippen LogP contribution is 2.34. The fraction of sp³-hybridized carbons (Fsp3) is 0.650. The van der Waals surface area contributed by atoms with Gasteiger partial charge in [-0.25, -0.2) is 4.99 Å². The van der Waals surface area contributed by atoms with E-state index in [0.717, 1.165) is 0 Å². The molecule has 1 unspecified atom stereocenters. The second-order valence-corrected chi connectivity index (χ2v) is 8.75. The molecule has 0 aliphatic heterocycles. The molecule has 3 nitrogen and oxygen atoms in total. The molecule has 1 aromatic carbocycles. The first-order valence-corrected chi connectivity index (χ1v) is 8.82. The summed E-state index contributed by atoms with van der Waals surface area (Å²) in [5.74, 6) is 0.576. The highest BCUT2D eigenvalue weighted by Gasteiger charge is 2.27. The summed E-state index contributed by atoms with van der Waals surface area (Å²) in [4.78, 5) is 4.51. The van der Waals surface area contributed by atoms with Crippen LogP contribution in [0.25, 0.3) is 0 Å².